The number of aromatic nitrogens is 2. The second kappa shape index (κ2) is 7.96. The van der Waals surface area contributed by atoms with Crippen molar-refractivity contribution in [2.24, 2.45) is 0 Å². The van der Waals surface area contributed by atoms with Crippen molar-refractivity contribution in [1.29, 1.82) is 0 Å². The van der Waals surface area contributed by atoms with Gasteiger partial charge in [-0.15, -0.1) is 0 Å². The lowest BCUT2D eigenvalue weighted by molar-refractivity contribution is -0.384. The van der Waals surface area contributed by atoms with E-state index in [1.165, 1.54) is 18.3 Å². The van der Waals surface area contributed by atoms with Gasteiger partial charge >= 0.3 is 0 Å². The maximum Gasteiger partial charge on any atom is 0.271 e. The van der Waals surface area contributed by atoms with Crippen molar-refractivity contribution in [1.82, 2.24) is 9.55 Å². The minimum absolute atomic E-state index is 0.117. The molecule has 1 heterocycles. The molecule has 27 heavy (non-hydrogen) atoms. The van der Waals surface area contributed by atoms with E-state index in [0.29, 0.717) is 10.8 Å². The van der Waals surface area contributed by atoms with Gasteiger partial charge in [0.1, 0.15) is 11.6 Å². The van der Waals surface area contributed by atoms with Gasteiger partial charge in [0, 0.05) is 24.5 Å². The van der Waals surface area contributed by atoms with Crippen LogP contribution < -0.4 is 5.32 Å². The molecule has 0 aliphatic heterocycles. The molecule has 2 aromatic carbocycles. The Labute approximate surface area is 156 Å². The number of nitrogens with zero attached hydrogens (tertiary/aromatic N) is 3. The van der Waals surface area contributed by atoms with Crippen molar-refractivity contribution < 1.29 is 18.5 Å². The topological polar surface area (TPSA) is 90.1 Å². The fourth-order valence-electron chi connectivity index (χ4n) is 2.26. The lowest BCUT2D eigenvalue weighted by Crippen LogP contribution is -2.15. The van der Waals surface area contributed by atoms with Gasteiger partial charge in [0.05, 0.1) is 22.1 Å². The molecule has 10 heteroatoms. The lowest BCUT2D eigenvalue weighted by Gasteiger charge is -2.08. The minimum Gasteiger partial charge on any atom is -0.323 e. The van der Waals surface area contributed by atoms with Gasteiger partial charge in [-0.1, -0.05) is 17.8 Å². The Bertz CT molecular complexity index is 1010. The van der Waals surface area contributed by atoms with E-state index in [4.69, 9.17) is 0 Å². The molecule has 0 saturated carbocycles. The molecule has 0 aliphatic carbocycles. The smallest absolute Gasteiger partial charge is 0.271 e. The van der Waals surface area contributed by atoms with E-state index in [1.807, 2.05) is 0 Å². The van der Waals surface area contributed by atoms with Gasteiger partial charge < -0.3 is 5.32 Å². The summed E-state index contributed by atoms with van der Waals surface area (Å²) in [6.45, 7) is 0. The Kier molecular flexibility index (Phi) is 5.46. The van der Waals surface area contributed by atoms with E-state index in [2.05, 4.69) is 10.3 Å². The molecule has 0 aliphatic rings. The van der Waals surface area contributed by atoms with Crippen LogP contribution in [0.2, 0.25) is 0 Å². The summed E-state index contributed by atoms with van der Waals surface area (Å²) in [5.74, 6) is -1.86. The quantitative estimate of drug-likeness (QED) is 0.393. The van der Waals surface area contributed by atoms with Crippen LogP contribution in [0.1, 0.15) is 0 Å². The van der Waals surface area contributed by atoms with Crippen molar-refractivity contribution in [2.75, 3.05) is 11.1 Å². The van der Waals surface area contributed by atoms with Crippen LogP contribution in [0.25, 0.3) is 5.69 Å². The fraction of sp³-hybridized carbons (Fsp3) is 0.0588. The Hall–Kier alpha value is -3.27. The first-order valence-electron chi connectivity index (χ1n) is 7.60. The largest absolute Gasteiger partial charge is 0.323 e. The van der Waals surface area contributed by atoms with Crippen LogP contribution >= 0.6 is 11.8 Å². The average molecular weight is 390 g/mol. The summed E-state index contributed by atoms with van der Waals surface area (Å²) in [7, 11) is 0. The van der Waals surface area contributed by atoms with Crippen LogP contribution in [0.15, 0.2) is 60.0 Å². The SMILES string of the molecule is O=C(CSc1nccn1-c1cccc(F)c1)Nc1cc([N+](=O)[O-])ccc1F. The number of nitro groups is 1. The highest BCUT2D eigenvalue weighted by atomic mass is 32.2. The molecule has 0 saturated heterocycles. The molecule has 1 N–H and O–H groups in total. The number of anilines is 1. The first kappa shape index (κ1) is 18.5. The number of thioether (sulfide) groups is 1. The van der Waals surface area contributed by atoms with E-state index in [-0.39, 0.29) is 17.1 Å². The van der Waals surface area contributed by atoms with Gasteiger partial charge in [-0.3, -0.25) is 19.5 Å². The Morgan fingerprint density at radius 2 is 2.07 bits per heavy atom. The third-order valence-corrected chi connectivity index (χ3v) is 4.43. The molecule has 0 bridgehead atoms. The average Bonchev–Trinajstić information content (AvgIpc) is 3.10. The van der Waals surface area contributed by atoms with Gasteiger partial charge in [0.15, 0.2) is 5.16 Å². The number of nitro benzene ring substituents is 1. The number of carbonyl (C=O) groups is 1. The number of hydrogen-bond donors (Lipinski definition) is 1. The van der Waals surface area contributed by atoms with Crippen molar-refractivity contribution in [3.63, 3.8) is 0 Å². The molecule has 0 unspecified atom stereocenters. The summed E-state index contributed by atoms with van der Waals surface area (Å²) < 4.78 is 28.7. The maximum absolute atomic E-state index is 13.7. The van der Waals surface area contributed by atoms with Crippen LogP contribution in [0.3, 0.4) is 0 Å². The molecule has 0 radical (unpaired) electrons. The molecular weight excluding hydrogens is 378 g/mol. The normalized spacial score (nSPS) is 10.6. The highest BCUT2D eigenvalue weighted by molar-refractivity contribution is 7.99. The van der Waals surface area contributed by atoms with Gasteiger partial charge in [-0.05, 0) is 24.3 Å². The number of imidazole rings is 1. The number of benzene rings is 2. The second-order valence-electron chi connectivity index (χ2n) is 5.32. The van der Waals surface area contributed by atoms with Crippen molar-refractivity contribution in [3.05, 3.63) is 76.6 Å². The van der Waals surface area contributed by atoms with Crippen LogP contribution in [-0.4, -0.2) is 26.1 Å². The van der Waals surface area contributed by atoms with Crippen LogP contribution in [0.4, 0.5) is 20.2 Å². The van der Waals surface area contributed by atoms with Crippen LogP contribution in [0, 0.1) is 21.7 Å². The fourth-order valence-corrected chi connectivity index (χ4v) is 3.03. The molecule has 138 valence electrons. The molecule has 1 aromatic heterocycles. The summed E-state index contributed by atoms with van der Waals surface area (Å²) in [6.07, 6.45) is 3.13. The third kappa shape index (κ3) is 4.47. The number of rotatable bonds is 6. The number of hydrogen-bond acceptors (Lipinski definition) is 5. The van der Waals surface area contributed by atoms with Crippen molar-refractivity contribution in [2.45, 2.75) is 5.16 Å². The first-order chi connectivity index (χ1) is 12.9. The zero-order valence-electron chi connectivity index (χ0n) is 13.6. The first-order valence-corrected chi connectivity index (χ1v) is 8.58. The summed E-state index contributed by atoms with van der Waals surface area (Å²) in [5, 5.41) is 13.5. The third-order valence-electron chi connectivity index (χ3n) is 3.46. The van der Waals surface area contributed by atoms with Gasteiger partial charge in [-0.25, -0.2) is 13.8 Å². The zero-order valence-corrected chi connectivity index (χ0v) is 14.5. The highest BCUT2D eigenvalue weighted by Crippen LogP contribution is 2.23. The number of halogens is 2. The van der Waals surface area contributed by atoms with E-state index < -0.39 is 22.5 Å². The van der Waals surface area contributed by atoms with Crippen molar-refractivity contribution >= 4 is 29.0 Å². The molecule has 1 amide bonds. The predicted octanol–water partition coefficient (Wildman–Crippen LogP) is 3.79. The van der Waals surface area contributed by atoms with Crippen LogP contribution in [0.5, 0.6) is 0 Å². The Morgan fingerprint density at radius 1 is 1.26 bits per heavy atom. The molecule has 0 atom stereocenters. The number of carbonyl (C=O) groups excluding carboxylic acids is 1. The standard InChI is InChI=1S/C17H12F2N4O3S/c18-11-2-1-3-12(8-11)22-7-6-20-17(22)27-10-16(24)21-15-9-13(23(25)26)4-5-14(15)19/h1-9H,10H2,(H,21,24). The summed E-state index contributed by atoms with van der Waals surface area (Å²) >= 11 is 1.06. The Morgan fingerprint density at radius 3 is 2.81 bits per heavy atom. The molecule has 0 fully saturated rings. The van der Waals surface area contributed by atoms with Gasteiger partial charge in [0.25, 0.3) is 5.69 Å². The number of non-ortho nitro benzene ring substituents is 1. The monoisotopic (exact) mass is 390 g/mol. The van der Waals surface area contributed by atoms with E-state index >= 15 is 0 Å². The maximum atomic E-state index is 13.7. The summed E-state index contributed by atoms with van der Waals surface area (Å²) in [4.78, 5) is 26.3. The molecular formula is C17H12F2N4O3S. The number of amides is 1. The predicted molar refractivity (Wildman–Crippen MR) is 95.9 cm³/mol. The van der Waals surface area contributed by atoms with Crippen molar-refractivity contribution in [3.8, 4) is 5.69 Å². The molecule has 3 aromatic rings. The molecule has 0 spiro atoms. The van der Waals surface area contributed by atoms with E-state index in [9.17, 15) is 23.7 Å². The molecule has 7 nitrogen and oxygen atoms in total. The summed E-state index contributed by atoms with van der Waals surface area (Å²) in [6, 6.07) is 8.75. The van der Waals surface area contributed by atoms with Crippen LogP contribution in [-0.2, 0) is 4.79 Å². The highest BCUT2D eigenvalue weighted by Gasteiger charge is 2.14. The zero-order chi connectivity index (χ0) is 19.4. The van der Waals surface area contributed by atoms with E-state index in [1.54, 1.807) is 22.9 Å². The minimum atomic E-state index is -0.778. The Balaban J connectivity index is 1.68. The molecule has 3 rings (SSSR count). The van der Waals surface area contributed by atoms with Gasteiger partial charge in [-0.2, -0.15) is 0 Å². The second-order valence-corrected chi connectivity index (χ2v) is 6.26. The number of nitrogens with one attached hydrogen (secondary N) is 1. The van der Waals surface area contributed by atoms with E-state index in [0.717, 1.165) is 30.0 Å². The lowest BCUT2D eigenvalue weighted by atomic mass is 10.2. The summed E-state index contributed by atoms with van der Waals surface area (Å²) in [5.41, 5.74) is -0.0654. The van der Waals surface area contributed by atoms with Gasteiger partial charge in [0.2, 0.25) is 5.91 Å².